The van der Waals surface area contributed by atoms with Crippen LogP contribution in [0.2, 0.25) is 15.1 Å². The van der Waals surface area contributed by atoms with Crippen LogP contribution in [0.4, 0.5) is 0 Å². The molecular formula is C37H22Cl3N5O2. The van der Waals surface area contributed by atoms with Crippen molar-refractivity contribution < 1.29 is 4.92 Å². The van der Waals surface area contributed by atoms with E-state index >= 15 is 0 Å². The van der Waals surface area contributed by atoms with E-state index in [2.05, 4.69) is 15.0 Å². The van der Waals surface area contributed by atoms with E-state index in [1.807, 2.05) is 97.1 Å². The average molecular weight is 675 g/mol. The monoisotopic (exact) mass is 673 g/mol. The molecule has 0 unspecified atom stereocenters. The number of aromatic nitrogens is 4. The van der Waals surface area contributed by atoms with Gasteiger partial charge in [-0.3, -0.25) is 10.1 Å². The van der Waals surface area contributed by atoms with Crippen LogP contribution in [0.15, 0.2) is 109 Å². The van der Waals surface area contributed by atoms with E-state index in [9.17, 15) is 10.1 Å². The molecule has 5 heterocycles. The Morgan fingerprint density at radius 3 is 1.23 bits per heavy atom. The van der Waals surface area contributed by atoms with Gasteiger partial charge >= 0.3 is 0 Å². The summed E-state index contributed by atoms with van der Waals surface area (Å²) in [6, 6.07) is 34.4. The highest BCUT2D eigenvalue weighted by atomic mass is 35.5. The van der Waals surface area contributed by atoms with E-state index in [4.69, 9.17) is 39.8 Å². The quantitative estimate of drug-likeness (QED) is 0.128. The summed E-state index contributed by atoms with van der Waals surface area (Å²) in [5, 5.41) is 14.3. The highest BCUT2D eigenvalue weighted by molar-refractivity contribution is 6.31. The first-order chi connectivity index (χ1) is 22.8. The van der Waals surface area contributed by atoms with Gasteiger partial charge in [0.25, 0.3) is 5.70 Å². The molecule has 0 aliphatic carbocycles. The van der Waals surface area contributed by atoms with Crippen LogP contribution in [0.1, 0.15) is 11.4 Å². The first kappa shape index (κ1) is 29.1. The molecule has 8 rings (SSSR count). The summed E-state index contributed by atoms with van der Waals surface area (Å²) in [6.07, 6.45) is 1.52. The van der Waals surface area contributed by atoms with Crippen LogP contribution in [0, 0.1) is 10.1 Å². The lowest BCUT2D eigenvalue weighted by molar-refractivity contribution is -0.374. The maximum Gasteiger partial charge on any atom is 0.299 e. The summed E-state index contributed by atoms with van der Waals surface area (Å²) in [6.45, 7) is 0. The highest BCUT2D eigenvalue weighted by Gasteiger charge is 2.26. The Hall–Kier alpha value is -5.34. The smallest absolute Gasteiger partial charge is 0.299 e. The van der Waals surface area contributed by atoms with Gasteiger partial charge in [-0.15, -0.1) is 0 Å². The standard InChI is InChI=1S/C37H22Cl3N5O2/c38-23-7-1-20(2-8-23)34-26-13-14-28(41-26)35(21-3-9-24(39)10-4-21)29-17-18-31(43-29)37-33(45(46)47)19-32(44-37)36(30-16-15-27(34)42-30)22-5-11-25(40)12-6-22/h1-19,41-43H. The van der Waals surface area contributed by atoms with Gasteiger partial charge in [0, 0.05) is 65.4 Å². The number of nitrogens with one attached hydrogen (secondary N) is 3. The number of hydrogen-bond acceptors (Lipinski definition) is 3. The van der Waals surface area contributed by atoms with Gasteiger partial charge in [-0.25, -0.2) is 4.98 Å². The van der Waals surface area contributed by atoms with Crippen molar-refractivity contribution in [1.29, 1.82) is 0 Å². The topological polar surface area (TPSA) is 103 Å². The Morgan fingerprint density at radius 1 is 0.489 bits per heavy atom. The molecule has 0 radical (unpaired) electrons. The van der Waals surface area contributed by atoms with E-state index in [0.717, 1.165) is 55.4 Å². The normalized spacial score (nSPS) is 12.0. The summed E-state index contributed by atoms with van der Waals surface area (Å²) in [4.78, 5) is 27.6. The van der Waals surface area contributed by atoms with E-state index < -0.39 is 4.92 Å². The fraction of sp³-hybridized carbons (Fsp3) is 0. The second-order valence-corrected chi connectivity index (χ2v) is 12.4. The molecular weight excluding hydrogens is 653 g/mol. The fourth-order valence-electron chi connectivity index (χ4n) is 6.13. The molecule has 47 heavy (non-hydrogen) atoms. The molecule has 8 bridgehead atoms. The number of aromatic amines is 3. The average Bonchev–Trinajstić information content (AvgIpc) is 3.89. The molecule has 3 N–H and O–H groups in total. The third-order valence-corrected chi connectivity index (χ3v) is 9.02. The zero-order valence-corrected chi connectivity index (χ0v) is 26.6. The predicted octanol–water partition coefficient (Wildman–Crippen LogP) is 11.3. The Bertz CT molecular complexity index is 2510. The van der Waals surface area contributed by atoms with Crippen molar-refractivity contribution in [1.82, 2.24) is 19.9 Å². The predicted molar refractivity (Wildman–Crippen MR) is 192 cm³/mol. The molecule has 10 heteroatoms. The van der Waals surface area contributed by atoms with Gasteiger partial charge in [0.1, 0.15) is 0 Å². The van der Waals surface area contributed by atoms with Gasteiger partial charge in [0.05, 0.1) is 16.1 Å². The van der Waals surface area contributed by atoms with Crippen molar-refractivity contribution in [3.8, 4) is 33.4 Å². The number of hydrogen-bond donors (Lipinski definition) is 3. The summed E-state index contributed by atoms with van der Waals surface area (Å²) in [5.41, 5.74) is 10.2. The molecule has 1 aliphatic heterocycles. The number of halogens is 3. The maximum absolute atomic E-state index is 12.4. The Labute approximate surface area is 282 Å². The Morgan fingerprint density at radius 2 is 0.830 bits per heavy atom. The largest absolute Gasteiger partial charge is 0.354 e. The van der Waals surface area contributed by atoms with Gasteiger partial charge in [-0.05, 0) is 89.5 Å². The summed E-state index contributed by atoms with van der Waals surface area (Å²) < 4.78 is 0. The molecule has 228 valence electrons. The summed E-state index contributed by atoms with van der Waals surface area (Å²) in [5.74, 6) is 0. The molecule has 1 aliphatic rings. The molecule has 0 spiro atoms. The third-order valence-electron chi connectivity index (χ3n) is 8.26. The van der Waals surface area contributed by atoms with Gasteiger partial charge < -0.3 is 15.0 Å². The lowest BCUT2D eigenvalue weighted by Crippen LogP contribution is -1.95. The van der Waals surface area contributed by atoms with Gasteiger partial charge in [-0.2, -0.15) is 0 Å². The molecule has 0 saturated carbocycles. The number of fused-ring (bicyclic) bond motifs is 9. The molecule has 3 aromatic carbocycles. The van der Waals surface area contributed by atoms with Crippen molar-refractivity contribution in [3.63, 3.8) is 0 Å². The molecule has 0 saturated heterocycles. The number of nitrogens with zero attached hydrogens (tertiary/aromatic N) is 2. The van der Waals surface area contributed by atoms with Crippen LogP contribution in [0.25, 0.3) is 78.3 Å². The molecule has 0 amide bonds. The molecule has 4 aromatic heterocycles. The van der Waals surface area contributed by atoms with Crippen LogP contribution in [-0.4, -0.2) is 24.9 Å². The van der Waals surface area contributed by atoms with Crippen molar-refractivity contribution in [2.45, 2.75) is 0 Å². The fourth-order valence-corrected chi connectivity index (χ4v) is 6.51. The third kappa shape index (κ3) is 5.24. The number of benzene rings is 3. The summed E-state index contributed by atoms with van der Waals surface area (Å²) in [7, 11) is 0. The lowest BCUT2D eigenvalue weighted by atomic mass is 10.0. The second kappa shape index (κ2) is 11.5. The van der Waals surface area contributed by atoms with Crippen LogP contribution in [-0.2, 0) is 0 Å². The molecule has 7 nitrogen and oxygen atoms in total. The van der Waals surface area contributed by atoms with Crippen LogP contribution >= 0.6 is 34.8 Å². The summed E-state index contributed by atoms with van der Waals surface area (Å²) >= 11 is 18.8. The molecule has 0 atom stereocenters. The molecule has 7 aromatic rings. The van der Waals surface area contributed by atoms with Crippen LogP contribution in [0.3, 0.4) is 0 Å². The van der Waals surface area contributed by atoms with E-state index in [-0.39, 0.29) is 11.4 Å². The zero-order chi connectivity index (χ0) is 32.2. The molecule has 0 fully saturated rings. The minimum atomic E-state index is -0.400. The van der Waals surface area contributed by atoms with Gasteiger partial charge in [0.15, 0.2) is 5.69 Å². The minimum Gasteiger partial charge on any atom is -0.354 e. The lowest BCUT2D eigenvalue weighted by Gasteiger charge is -2.05. The van der Waals surface area contributed by atoms with Crippen molar-refractivity contribution >= 4 is 79.7 Å². The Balaban J connectivity index is 1.58. The number of H-pyrrole nitrogens is 3. The highest BCUT2D eigenvalue weighted by Crippen LogP contribution is 2.38. The first-order valence-electron chi connectivity index (χ1n) is 14.6. The van der Waals surface area contributed by atoms with E-state index in [0.29, 0.717) is 31.8 Å². The first-order valence-corrected chi connectivity index (χ1v) is 15.8. The zero-order valence-electron chi connectivity index (χ0n) is 24.3. The SMILES string of the molecule is O=[N+]([O-])C1=Cc2nc1c1ccc([nH]1)c(-c1ccc(Cl)cc1)c1ccc([nH]1)c(-c1ccc(Cl)cc1)c1ccc([nH]1)c2-c1ccc(Cl)cc1. The van der Waals surface area contributed by atoms with Crippen LogP contribution < -0.4 is 0 Å². The van der Waals surface area contributed by atoms with Crippen molar-refractivity contribution in [3.05, 3.63) is 146 Å². The van der Waals surface area contributed by atoms with E-state index in [1.54, 1.807) is 12.1 Å². The number of nitro groups is 1. The van der Waals surface area contributed by atoms with Crippen molar-refractivity contribution in [2.75, 3.05) is 0 Å². The Kier molecular flexibility index (Phi) is 7.10. The van der Waals surface area contributed by atoms with Gasteiger partial charge in [-0.1, -0.05) is 71.2 Å². The maximum atomic E-state index is 12.4. The second-order valence-electron chi connectivity index (χ2n) is 11.1. The van der Waals surface area contributed by atoms with E-state index in [1.165, 1.54) is 6.08 Å². The number of rotatable bonds is 4. The minimum absolute atomic E-state index is 0.109. The van der Waals surface area contributed by atoms with Gasteiger partial charge in [0.2, 0.25) is 0 Å². The van der Waals surface area contributed by atoms with Crippen LogP contribution in [0.5, 0.6) is 0 Å². The van der Waals surface area contributed by atoms with Crippen molar-refractivity contribution in [2.24, 2.45) is 0 Å².